The first-order valence-electron chi connectivity index (χ1n) is 7.59. The van der Waals surface area contributed by atoms with E-state index in [0.717, 1.165) is 43.7 Å². The Bertz CT molecular complexity index is 462. The number of hydrogen-bond donors (Lipinski definition) is 1. The molecule has 1 N–H and O–H groups in total. The molecule has 1 aromatic rings. The van der Waals surface area contributed by atoms with Crippen molar-refractivity contribution in [2.45, 2.75) is 46.1 Å². The number of piperidine rings is 1. The highest BCUT2D eigenvalue weighted by Crippen LogP contribution is 2.36. The molecule has 0 aromatic heterocycles. The van der Waals surface area contributed by atoms with Crippen molar-refractivity contribution in [1.29, 1.82) is 0 Å². The Morgan fingerprint density at radius 3 is 2.65 bits per heavy atom. The molecule has 0 saturated carbocycles. The van der Waals surface area contributed by atoms with Crippen LogP contribution in [0.3, 0.4) is 0 Å². The van der Waals surface area contributed by atoms with Crippen LogP contribution in [0.15, 0.2) is 24.3 Å². The second kappa shape index (κ2) is 6.40. The summed E-state index contributed by atoms with van der Waals surface area (Å²) in [6.07, 6.45) is 2.89. The zero-order valence-electron chi connectivity index (χ0n) is 12.7. The first-order valence-corrected chi connectivity index (χ1v) is 7.59. The molecule has 1 heterocycles. The zero-order chi connectivity index (χ0) is 14.6. The number of rotatable bonds is 5. The van der Waals surface area contributed by atoms with Crippen LogP contribution >= 0.6 is 0 Å². The van der Waals surface area contributed by atoms with Crippen LogP contribution in [0.2, 0.25) is 0 Å². The van der Waals surface area contributed by atoms with Crippen molar-refractivity contribution in [3.8, 4) is 5.75 Å². The maximum atomic E-state index is 12.9. The molecule has 0 amide bonds. The molecule has 1 fully saturated rings. The Labute approximate surface area is 121 Å². The molecule has 1 aromatic carbocycles. The molecule has 3 heteroatoms. The second-order valence-electron chi connectivity index (χ2n) is 5.91. The summed E-state index contributed by atoms with van der Waals surface area (Å²) in [5.41, 5.74) is 0.591. The van der Waals surface area contributed by atoms with Gasteiger partial charge in [-0.2, -0.15) is 0 Å². The molecule has 110 valence electrons. The van der Waals surface area contributed by atoms with E-state index in [9.17, 15) is 4.79 Å². The minimum atomic E-state index is -0.193. The predicted octanol–water partition coefficient (Wildman–Crippen LogP) is 3.44. The van der Waals surface area contributed by atoms with Gasteiger partial charge in [-0.3, -0.25) is 4.79 Å². The molecule has 1 saturated heterocycles. The largest absolute Gasteiger partial charge is 0.491 e. The van der Waals surface area contributed by atoms with Crippen molar-refractivity contribution in [2.24, 2.45) is 5.41 Å². The lowest BCUT2D eigenvalue weighted by molar-refractivity contribution is 0.0717. The maximum Gasteiger partial charge on any atom is 0.169 e. The van der Waals surface area contributed by atoms with E-state index in [4.69, 9.17) is 4.74 Å². The molecular formula is C17H25NO2. The number of Topliss-reactive ketones (excluding diaryl/α,β-unsaturated/α-hetero) is 1. The number of ketones is 1. The van der Waals surface area contributed by atoms with E-state index in [1.165, 1.54) is 0 Å². The molecule has 0 spiro atoms. The van der Waals surface area contributed by atoms with E-state index < -0.39 is 0 Å². The fourth-order valence-corrected chi connectivity index (χ4v) is 2.94. The summed E-state index contributed by atoms with van der Waals surface area (Å²) < 4.78 is 5.69. The Balaban J connectivity index is 2.23. The SMILES string of the molecule is CCC1(C(=O)c2cccc(OC(C)C)c2)CCNCC1. The third kappa shape index (κ3) is 3.21. The Morgan fingerprint density at radius 1 is 1.35 bits per heavy atom. The van der Waals surface area contributed by atoms with E-state index >= 15 is 0 Å². The monoisotopic (exact) mass is 275 g/mol. The lowest BCUT2D eigenvalue weighted by Gasteiger charge is -2.35. The molecule has 3 nitrogen and oxygen atoms in total. The summed E-state index contributed by atoms with van der Waals surface area (Å²) in [5, 5.41) is 3.34. The van der Waals surface area contributed by atoms with Crippen molar-refractivity contribution in [3.63, 3.8) is 0 Å². The van der Waals surface area contributed by atoms with Crippen molar-refractivity contribution in [1.82, 2.24) is 5.32 Å². The number of benzene rings is 1. The molecule has 0 aliphatic carbocycles. The molecule has 1 aliphatic rings. The van der Waals surface area contributed by atoms with Crippen molar-refractivity contribution in [2.75, 3.05) is 13.1 Å². The molecule has 0 bridgehead atoms. The number of ether oxygens (including phenoxy) is 1. The Kier molecular flexibility index (Phi) is 4.81. The highest BCUT2D eigenvalue weighted by Gasteiger charge is 2.38. The summed E-state index contributed by atoms with van der Waals surface area (Å²) in [4.78, 5) is 12.9. The molecule has 0 atom stereocenters. The normalized spacial score (nSPS) is 18.0. The summed E-state index contributed by atoms with van der Waals surface area (Å²) in [5.74, 6) is 1.06. The van der Waals surface area contributed by atoms with Gasteiger partial charge < -0.3 is 10.1 Å². The van der Waals surface area contributed by atoms with Gasteiger partial charge in [-0.1, -0.05) is 19.1 Å². The van der Waals surface area contributed by atoms with E-state index in [-0.39, 0.29) is 17.3 Å². The summed E-state index contributed by atoms with van der Waals surface area (Å²) in [7, 11) is 0. The molecule has 0 radical (unpaired) electrons. The quantitative estimate of drug-likeness (QED) is 0.837. The van der Waals surface area contributed by atoms with Crippen LogP contribution in [0.1, 0.15) is 50.4 Å². The molecule has 0 unspecified atom stereocenters. The average Bonchev–Trinajstić information content (AvgIpc) is 2.47. The summed E-state index contributed by atoms with van der Waals surface area (Å²) in [6.45, 7) is 7.98. The van der Waals surface area contributed by atoms with Crippen LogP contribution in [0.25, 0.3) is 0 Å². The first-order chi connectivity index (χ1) is 9.57. The standard InChI is InChI=1S/C17H25NO2/c1-4-17(8-10-18-11-9-17)16(19)14-6-5-7-15(12-14)20-13(2)3/h5-7,12-13,18H,4,8-11H2,1-3H3. The van der Waals surface area contributed by atoms with Gasteiger partial charge in [-0.05, 0) is 58.3 Å². The van der Waals surface area contributed by atoms with Gasteiger partial charge in [0.05, 0.1) is 6.10 Å². The Hall–Kier alpha value is -1.35. The van der Waals surface area contributed by atoms with Crippen molar-refractivity contribution < 1.29 is 9.53 Å². The minimum absolute atomic E-state index is 0.124. The van der Waals surface area contributed by atoms with Crippen molar-refractivity contribution in [3.05, 3.63) is 29.8 Å². The zero-order valence-corrected chi connectivity index (χ0v) is 12.7. The van der Waals surface area contributed by atoms with Crippen LogP contribution in [-0.2, 0) is 0 Å². The number of hydrogen-bond acceptors (Lipinski definition) is 3. The van der Waals surface area contributed by atoms with Crippen LogP contribution < -0.4 is 10.1 Å². The van der Waals surface area contributed by atoms with Gasteiger partial charge in [0.25, 0.3) is 0 Å². The number of carbonyl (C=O) groups is 1. The van der Waals surface area contributed by atoms with Gasteiger partial charge in [-0.15, -0.1) is 0 Å². The smallest absolute Gasteiger partial charge is 0.169 e. The van der Waals surface area contributed by atoms with Gasteiger partial charge >= 0.3 is 0 Å². The lowest BCUT2D eigenvalue weighted by Crippen LogP contribution is -2.41. The first kappa shape index (κ1) is 15.0. The molecule has 1 aliphatic heterocycles. The van der Waals surface area contributed by atoms with Crippen LogP contribution in [0.4, 0.5) is 0 Å². The van der Waals surface area contributed by atoms with E-state index in [0.29, 0.717) is 0 Å². The lowest BCUT2D eigenvalue weighted by atomic mass is 9.71. The Morgan fingerprint density at radius 2 is 2.05 bits per heavy atom. The van der Waals surface area contributed by atoms with E-state index in [1.54, 1.807) is 0 Å². The average molecular weight is 275 g/mol. The summed E-state index contributed by atoms with van der Waals surface area (Å²) in [6, 6.07) is 7.63. The summed E-state index contributed by atoms with van der Waals surface area (Å²) >= 11 is 0. The van der Waals surface area contributed by atoms with Crippen molar-refractivity contribution >= 4 is 5.78 Å². The highest BCUT2D eigenvalue weighted by atomic mass is 16.5. The molecule has 2 rings (SSSR count). The predicted molar refractivity (Wildman–Crippen MR) is 81.4 cm³/mol. The number of carbonyl (C=O) groups excluding carboxylic acids is 1. The maximum absolute atomic E-state index is 12.9. The van der Waals surface area contributed by atoms with Gasteiger partial charge in [-0.25, -0.2) is 0 Å². The van der Waals surface area contributed by atoms with Gasteiger partial charge in [0, 0.05) is 11.0 Å². The van der Waals surface area contributed by atoms with Crippen LogP contribution in [0, 0.1) is 5.41 Å². The highest BCUT2D eigenvalue weighted by molar-refractivity contribution is 6.00. The third-order valence-corrected chi connectivity index (χ3v) is 4.19. The third-order valence-electron chi connectivity index (χ3n) is 4.19. The van der Waals surface area contributed by atoms with E-state index in [2.05, 4.69) is 12.2 Å². The van der Waals surface area contributed by atoms with Gasteiger partial charge in [0.15, 0.2) is 5.78 Å². The minimum Gasteiger partial charge on any atom is -0.491 e. The van der Waals surface area contributed by atoms with Gasteiger partial charge in [0.2, 0.25) is 0 Å². The van der Waals surface area contributed by atoms with Crippen LogP contribution in [-0.4, -0.2) is 25.0 Å². The van der Waals surface area contributed by atoms with Gasteiger partial charge in [0.1, 0.15) is 5.75 Å². The fourth-order valence-electron chi connectivity index (χ4n) is 2.94. The van der Waals surface area contributed by atoms with E-state index in [1.807, 2.05) is 38.1 Å². The second-order valence-corrected chi connectivity index (χ2v) is 5.91. The molecule has 20 heavy (non-hydrogen) atoms. The fraction of sp³-hybridized carbons (Fsp3) is 0.588. The van der Waals surface area contributed by atoms with Crippen LogP contribution in [0.5, 0.6) is 5.75 Å². The topological polar surface area (TPSA) is 38.3 Å². The number of nitrogens with one attached hydrogen (secondary N) is 1. The molecular weight excluding hydrogens is 250 g/mol.